The molecule has 0 bridgehead atoms. The molecule has 0 unspecified atom stereocenters. The van der Waals surface area contributed by atoms with Crippen LogP contribution in [0.25, 0.3) is 11.1 Å². The first-order valence-electron chi connectivity index (χ1n) is 8.51. The van der Waals surface area contributed by atoms with Crippen LogP contribution in [0.15, 0.2) is 66.9 Å². The zero-order chi connectivity index (χ0) is 17.1. The van der Waals surface area contributed by atoms with Gasteiger partial charge in [0.25, 0.3) is 5.91 Å². The SMILES string of the molecule is O=C(c1ccccc1)N1CCN(c2[nH]ncc2-c2ccccc2)CC1. The Bertz CT molecular complexity index is 836. The number of piperazine rings is 1. The summed E-state index contributed by atoms with van der Waals surface area (Å²) in [6, 6.07) is 19.7. The normalized spacial score (nSPS) is 14.6. The van der Waals surface area contributed by atoms with Crippen LogP contribution in [0.1, 0.15) is 10.4 Å². The molecule has 0 aliphatic carbocycles. The number of nitrogens with one attached hydrogen (secondary N) is 1. The Morgan fingerprint density at radius 2 is 1.52 bits per heavy atom. The number of amides is 1. The third kappa shape index (κ3) is 3.13. The van der Waals surface area contributed by atoms with E-state index in [1.165, 1.54) is 0 Å². The smallest absolute Gasteiger partial charge is 0.253 e. The predicted octanol–water partition coefficient (Wildman–Crippen LogP) is 3.04. The molecular weight excluding hydrogens is 312 g/mol. The minimum absolute atomic E-state index is 0.105. The Labute approximate surface area is 146 Å². The van der Waals surface area contributed by atoms with E-state index >= 15 is 0 Å². The van der Waals surface area contributed by atoms with Gasteiger partial charge in [0, 0.05) is 37.3 Å². The molecule has 1 saturated heterocycles. The maximum absolute atomic E-state index is 12.6. The molecule has 0 saturated carbocycles. The number of nitrogens with zero attached hydrogens (tertiary/aromatic N) is 3. The van der Waals surface area contributed by atoms with Crippen LogP contribution in [0, 0.1) is 0 Å². The summed E-state index contributed by atoms with van der Waals surface area (Å²) in [5.41, 5.74) is 3.00. The van der Waals surface area contributed by atoms with Crippen molar-refractivity contribution in [3.05, 3.63) is 72.4 Å². The summed E-state index contributed by atoms with van der Waals surface area (Å²) >= 11 is 0. The summed E-state index contributed by atoms with van der Waals surface area (Å²) in [5.74, 6) is 1.13. The lowest BCUT2D eigenvalue weighted by Crippen LogP contribution is -2.49. The summed E-state index contributed by atoms with van der Waals surface area (Å²) in [4.78, 5) is 16.8. The topological polar surface area (TPSA) is 52.2 Å². The van der Waals surface area contributed by atoms with Crippen molar-refractivity contribution in [3.8, 4) is 11.1 Å². The zero-order valence-corrected chi connectivity index (χ0v) is 13.9. The second-order valence-electron chi connectivity index (χ2n) is 6.14. The summed E-state index contributed by atoms with van der Waals surface area (Å²) in [7, 11) is 0. The predicted molar refractivity (Wildman–Crippen MR) is 98.6 cm³/mol. The van der Waals surface area contributed by atoms with Crippen LogP contribution in [-0.4, -0.2) is 47.2 Å². The molecule has 2 heterocycles. The van der Waals surface area contributed by atoms with Crippen LogP contribution in [0.2, 0.25) is 0 Å². The standard InChI is InChI=1S/C20H20N4O/c25-20(17-9-5-2-6-10-17)24-13-11-23(12-14-24)19-18(15-21-22-19)16-7-3-1-4-8-16/h1-10,15H,11-14H2,(H,21,22). The molecule has 5 heteroatoms. The molecule has 1 N–H and O–H groups in total. The number of benzene rings is 2. The van der Waals surface area contributed by atoms with E-state index in [0.29, 0.717) is 13.1 Å². The molecule has 1 aromatic heterocycles. The maximum atomic E-state index is 12.6. The van der Waals surface area contributed by atoms with E-state index in [1.807, 2.05) is 59.6 Å². The van der Waals surface area contributed by atoms with Gasteiger partial charge < -0.3 is 9.80 Å². The number of H-pyrrole nitrogens is 1. The van der Waals surface area contributed by atoms with Crippen molar-refractivity contribution in [1.82, 2.24) is 15.1 Å². The average Bonchev–Trinajstić information content (AvgIpc) is 3.19. The fraction of sp³-hybridized carbons (Fsp3) is 0.200. The van der Waals surface area contributed by atoms with Gasteiger partial charge in [-0.25, -0.2) is 0 Å². The van der Waals surface area contributed by atoms with Gasteiger partial charge in [0.15, 0.2) is 0 Å². The van der Waals surface area contributed by atoms with Crippen molar-refractivity contribution in [1.29, 1.82) is 0 Å². The van der Waals surface area contributed by atoms with Crippen molar-refractivity contribution >= 4 is 11.7 Å². The van der Waals surface area contributed by atoms with Gasteiger partial charge in [-0.1, -0.05) is 48.5 Å². The molecule has 0 spiro atoms. The lowest BCUT2D eigenvalue weighted by molar-refractivity contribution is 0.0746. The van der Waals surface area contributed by atoms with Crippen molar-refractivity contribution < 1.29 is 4.79 Å². The van der Waals surface area contributed by atoms with Crippen LogP contribution in [0.3, 0.4) is 0 Å². The molecule has 1 aliphatic heterocycles. The van der Waals surface area contributed by atoms with E-state index in [4.69, 9.17) is 0 Å². The average molecular weight is 332 g/mol. The molecule has 0 atom stereocenters. The highest BCUT2D eigenvalue weighted by molar-refractivity contribution is 5.94. The maximum Gasteiger partial charge on any atom is 0.253 e. The van der Waals surface area contributed by atoms with Crippen LogP contribution >= 0.6 is 0 Å². The second kappa shape index (κ2) is 6.81. The van der Waals surface area contributed by atoms with Crippen LogP contribution in [0.4, 0.5) is 5.82 Å². The molecular formula is C20H20N4O. The molecule has 4 rings (SSSR count). The van der Waals surface area contributed by atoms with Crippen LogP contribution in [0.5, 0.6) is 0 Å². The number of carbonyl (C=O) groups is 1. The van der Waals surface area contributed by atoms with Gasteiger partial charge in [-0.05, 0) is 17.7 Å². The lowest BCUT2D eigenvalue weighted by Gasteiger charge is -2.35. The van der Waals surface area contributed by atoms with E-state index in [0.717, 1.165) is 35.6 Å². The molecule has 1 aliphatic rings. The minimum atomic E-state index is 0.105. The van der Waals surface area contributed by atoms with Crippen LogP contribution in [-0.2, 0) is 0 Å². The number of hydrogen-bond donors (Lipinski definition) is 1. The number of hydrogen-bond acceptors (Lipinski definition) is 3. The van der Waals surface area contributed by atoms with Crippen LogP contribution < -0.4 is 4.90 Å². The number of aromatic amines is 1. The molecule has 5 nitrogen and oxygen atoms in total. The third-order valence-corrected chi connectivity index (χ3v) is 4.61. The van der Waals surface area contributed by atoms with Crippen molar-refractivity contribution in [3.63, 3.8) is 0 Å². The highest BCUT2D eigenvalue weighted by Crippen LogP contribution is 2.29. The first kappa shape index (κ1) is 15.4. The third-order valence-electron chi connectivity index (χ3n) is 4.61. The Kier molecular flexibility index (Phi) is 4.21. The summed E-state index contributed by atoms with van der Waals surface area (Å²) in [6.07, 6.45) is 1.87. The van der Waals surface area contributed by atoms with Gasteiger partial charge in [0.1, 0.15) is 5.82 Å². The molecule has 3 aromatic rings. The Hall–Kier alpha value is -3.08. The van der Waals surface area contributed by atoms with Gasteiger partial charge in [-0.2, -0.15) is 5.10 Å². The fourth-order valence-electron chi connectivity index (χ4n) is 3.25. The first-order valence-corrected chi connectivity index (χ1v) is 8.51. The molecule has 126 valence electrons. The lowest BCUT2D eigenvalue weighted by atomic mass is 10.1. The van der Waals surface area contributed by atoms with E-state index < -0.39 is 0 Å². The Morgan fingerprint density at radius 1 is 0.880 bits per heavy atom. The fourth-order valence-corrected chi connectivity index (χ4v) is 3.25. The molecule has 0 radical (unpaired) electrons. The molecule has 2 aromatic carbocycles. The monoisotopic (exact) mass is 332 g/mol. The summed E-state index contributed by atoms with van der Waals surface area (Å²) in [5, 5.41) is 7.35. The molecule has 1 fully saturated rings. The first-order chi connectivity index (χ1) is 12.3. The Morgan fingerprint density at radius 3 is 2.20 bits per heavy atom. The van der Waals surface area contributed by atoms with E-state index in [1.54, 1.807) is 0 Å². The quantitative estimate of drug-likeness (QED) is 0.802. The van der Waals surface area contributed by atoms with Gasteiger partial charge >= 0.3 is 0 Å². The zero-order valence-electron chi connectivity index (χ0n) is 13.9. The van der Waals surface area contributed by atoms with E-state index in [-0.39, 0.29) is 5.91 Å². The summed E-state index contributed by atoms with van der Waals surface area (Å²) < 4.78 is 0. The molecule has 1 amide bonds. The highest BCUT2D eigenvalue weighted by Gasteiger charge is 2.24. The van der Waals surface area contributed by atoms with Gasteiger partial charge in [-0.3, -0.25) is 9.89 Å². The largest absolute Gasteiger partial charge is 0.353 e. The van der Waals surface area contributed by atoms with E-state index in [2.05, 4.69) is 27.2 Å². The number of carbonyl (C=O) groups excluding carboxylic acids is 1. The van der Waals surface area contributed by atoms with Gasteiger partial charge in [-0.15, -0.1) is 0 Å². The van der Waals surface area contributed by atoms with E-state index in [9.17, 15) is 4.79 Å². The molecule has 25 heavy (non-hydrogen) atoms. The number of aromatic nitrogens is 2. The minimum Gasteiger partial charge on any atom is -0.353 e. The number of rotatable bonds is 3. The summed E-state index contributed by atoms with van der Waals surface area (Å²) in [6.45, 7) is 3.00. The van der Waals surface area contributed by atoms with Gasteiger partial charge in [0.2, 0.25) is 0 Å². The van der Waals surface area contributed by atoms with Crippen molar-refractivity contribution in [2.45, 2.75) is 0 Å². The van der Waals surface area contributed by atoms with Crippen molar-refractivity contribution in [2.24, 2.45) is 0 Å². The van der Waals surface area contributed by atoms with Gasteiger partial charge in [0.05, 0.1) is 6.20 Å². The number of anilines is 1. The second-order valence-corrected chi connectivity index (χ2v) is 6.14. The Balaban J connectivity index is 1.47. The highest BCUT2D eigenvalue weighted by atomic mass is 16.2. The van der Waals surface area contributed by atoms with Crippen molar-refractivity contribution in [2.75, 3.05) is 31.1 Å².